The molecule has 6 N–H and O–H groups in total. The number of nitrogens with zero attached hydrogens (tertiary/aromatic N) is 3. The third kappa shape index (κ3) is 14.2. The maximum atomic E-state index is 13.9. The van der Waals surface area contributed by atoms with Gasteiger partial charge in [-0.05, 0) is 114 Å². The average Bonchev–Trinajstić information content (AvgIpc) is 3.44. The van der Waals surface area contributed by atoms with Crippen molar-refractivity contribution in [1.82, 2.24) is 15.3 Å². The minimum absolute atomic E-state index is 0.0322. The first-order valence-electron chi connectivity index (χ1n) is 26.2. The number of nitrogens with two attached hydrogens (primary N) is 1. The zero-order valence-electron chi connectivity index (χ0n) is 42.1. The number of β-lactam (4-membered cyclic amide) rings is 1. The molecule has 3 amide bonds. The fourth-order valence-corrected chi connectivity index (χ4v) is 10.4. The van der Waals surface area contributed by atoms with E-state index < -0.39 is 41.6 Å². The van der Waals surface area contributed by atoms with Crippen molar-refractivity contribution in [3.8, 4) is 0 Å². The fourth-order valence-electron chi connectivity index (χ4n) is 10.4. The van der Waals surface area contributed by atoms with Crippen LogP contribution in [0.5, 0.6) is 0 Å². The second-order valence-electron chi connectivity index (χ2n) is 19.5. The van der Waals surface area contributed by atoms with Crippen LogP contribution in [0.1, 0.15) is 146 Å². The number of amides is 3. The topological polar surface area (TPSA) is 171 Å². The molecule has 8 rings (SSSR count). The van der Waals surface area contributed by atoms with Crippen LogP contribution < -0.4 is 21.3 Å². The molecular weight excluding hydrogens is 947 g/mol. The van der Waals surface area contributed by atoms with Crippen LogP contribution in [0.3, 0.4) is 0 Å². The van der Waals surface area contributed by atoms with Gasteiger partial charge in [0, 0.05) is 66.2 Å². The highest BCUT2D eigenvalue weighted by Gasteiger charge is 2.48. The molecule has 1 saturated heterocycles. The zero-order valence-corrected chi connectivity index (χ0v) is 42.1. The van der Waals surface area contributed by atoms with Crippen molar-refractivity contribution in [3.05, 3.63) is 221 Å². The summed E-state index contributed by atoms with van der Waals surface area (Å²) in [5, 5.41) is 29.2. The Balaban J connectivity index is 0.767. The lowest BCUT2D eigenvalue weighted by molar-refractivity contribution is -0.131. The number of rotatable bonds is 26. The summed E-state index contributed by atoms with van der Waals surface area (Å²) in [6, 6.07) is 45.5. The number of halogens is 2. The maximum absolute atomic E-state index is 13.9. The monoisotopic (exact) mass is 1010 g/mol. The summed E-state index contributed by atoms with van der Waals surface area (Å²) in [6.45, 7) is 0.328. The Morgan fingerprint density at radius 3 is 1.96 bits per heavy atom. The van der Waals surface area contributed by atoms with Gasteiger partial charge in [0.05, 0.1) is 24.2 Å². The maximum Gasteiger partial charge on any atom is 0.233 e. The standard InChI is InChI=1S/C62H66F2N6O5/c63-46-30-28-43(29-31-46)54(71)37-36-51-59(70(62(51)75)48-34-32-47(64)33-35-48)45-21-16-18-42(40-45)41-68-55(72)26-10-5-3-1-2-4-6-11-27-56(73)69-52-24-13-12-22-49(52)57(50-23-17-39-67-61(50)65)58(53-25-14-15-38-66-53)60(74)44-19-8-7-9-20-44/h7-9,12-25,28-35,38-40,51,54,57-60,71,74H,1-6,10-11,26-27,36-37,41H2,(H2,65,67)(H,68,72)(H,69,73). The van der Waals surface area contributed by atoms with Crippen LogP contribution in [0.25, 0.3) is 0 Å². The number of nitrogens with one attached hydrogen (secondary N) is 2. The Hall–Kier alpha value is -7.61. The van der Waals surface area contributed by atoms with Crippen LogP contribution in [0.15, 0.2) is 170 Å². The molecule has 2 aromatic heterocycles. The van der Waals surface area contributed by atoms with E-state index in [1.165, 1.54) is 24.3 Å². The molecule has 0 aliphatic carbocycles. The molecule has 1 aliphatic rings. The van der Waals surface area contributed by atoms with Gasteiger partial charge < -0.3 is 31.5 Å². The molecule has 11 nitrogen and oxygen atoms in total. The Morgan fingerprint density at radius 2 is 1.27 bits per heavy atom. The molecule has 0 saturated carbocycles. The normalized spacial score (nSPS) is 15.8. The molecule has 3 heterocycles. The molecule has 7 aromatic rings. The van der Waals surface area contributed by atoms with E-state index in [4.69, 9.17) is 10.7 Å². The van der Waals surface area contributed by atoms with Crippen molar-refractivity contribution in [2.24, 2.45) is 5.92 Å². The van der Waals surface area contributed by atoms with Crippen molar-refractivity contribution >= 4 is 34.9 Å². The molecule has 1 aliphatic heterocycles. The summed E-state index contributed by atoms with van der Waals surface area (Å²) >= 11 is 0. The number of aliphatic hydroxyl groups excluding tert-OH is 2. The van der Waals surface area contributed by atoms with E-state index in [1.54, 1.807) is 41.6 Å². The quantitative estimate of drug-likeness (QED) is 0.0264. The third-order valence-electron chi connectivity index (χ3n) is 14.3. The lowest BCUT2D eigenvalue weighted by atomic mass is 9.74. The first kappa shape index (κ1) is 53.7. The number of pyridine rings is 2. The summed E-state index contributed by atoms with van der Waals surface area (Å²) in [4.78, 5) is 50.8. The van der Waals surface area contributed by atoms with Crippen molar-refractivity contribution in [1.29, 1.82) is 0 Å². The predicted octanol–water partition coefficient (Wildman–Crippen LogP) is 12.4. The molecule has 0 radical (unpaired) electrons. The molecule has 75 heavy (non-hydrogen) atoms. The van der Waals surface area contributed by atoms with Gasteiger partial charge in [0.25, 0.3) is 0 Å². The average molecular weight is 1010 g/mol. The van der Waals surface area contributed by atoms with Crippen LogP contribution in [0, 0.1) is 17.6 Å². The van der Waals surface area contributed by atoms with Crippen molar-refractivity contribution in [2.75, 3.05) is 16.0 Å². The van der Waals surface area contributed by atoms with E-state index in [-0.39, 0.29) is 23.8 Å². The molecule has 388 valence electrons. The molecule has 13 heteroatoms. The van der Waals surface area contributed by atoms with Gasteiger partial charge in [0.2, 0.25) is 17.7 Å². The number of carbonyl (C=O) groups excluding carboxylic acids is 3. The number of anilines is 3. The second-order valence-corrected chi connectivity index (χ2v) is 19.5. The molecule has 0 bridgehead atoms. The summed E-state index contributed by atoms with van der Waals surface area (Å²) < 4.78 is 27.4. The minimum atomic E-state index is -0.959. The van der Waals surface area contributed by atoms with Crippen LogP contribution in [0.4, 0.5) is 26.0 Å². The lowest BCUT2D eigenvalue weighted by Gasteiger charge is -2.48. The first-order valence-corrected chi connectivity index (χ1v) is 26.2. The van der Waals surface area contributed by atoms with Gasteiger partial charge >= 0.3 is 0 Å². The van der Waals surface area contributed by atoms with Crippen LogP contribution in [-0.4, -0.2) is 37.9 Å². The Bertz CT molecular complexity index is 2950. The predicted molar refractivity (Wildman–Crippen MR) is 289 cm³/mol. The largest absolute Gasteiger partial charge is 0.388 e. The van der Waals surface area contributed by atoms with Gasteiger partial charge in [-0.3, -0.25) is 19.4 Å². The highest BCUT2D eigenvalue weighted by molar-refractivity contribution is 6.03. The molecule has 0 spiro atoms. The van der Waals surface area contributed by atoms with E-state index in [1.807, 2.05) is 109 Å². The van der Waals surface area contributed by atoms with E-state index in [0.717, 1.165) is 79.2 Å². The van der Waals surface area contributed by atoms with Crippen LogP contribution in [0.2, 0.25) is 0 Å². The second kappa shape index (κ2) is 26.6. The minimum Gasteiger partial charge on any atom is -0.388 e. The third-order valence-corrected chi connectivity index (χ3v) is 14.3. The van der Waals surface area contributed by atoms with Gasteiger partial charge in [-0.25, -0.2) is 13.8 Å². The van der Waals surface area contributed by atoms with E-state index in [0.29, 0.717) is 60.7 Å². The number of carbonyl (C=O) groups is 3. The lowest BCUT2D eigenvalue weighted by Crippen LogP contribution is -2.55. The van der Waals surface area contributed by atoms with Gasteiger partial charge in [-0.15, -0.1) is 0 Å². The Kier molecular flexibility index (Phi) is 19.0. The van der Waals surface area contributed by atoms with Gasteiger partial charge in [0.15, 0.2) is 0 Å². The Morgan fingerprint density at radius 1 is 0.640 bits per heavy atom. The van der Waals surface area contributed by atoms with Crippen molar-refractivity contribution in [3.63, 3.8) is 0 Å². The van der Waals surface area contributed by atoms with Crippen molar-refractivity contribution in [2.45, 2.75) is 114 Å². The number of aromatic nitrogens is 2. The summed E-state index contributed by atoms with van der Waals surface area (Å²) in [7, 11) is 0. The Labute approximate surface area is 438 Å². The van der Waals surface area contributed by atoms with Gasteiger partial charge in [-0.2, -0.15) is 0 Å². The van der Waals surface area contributed by atoms with E-state index in [2.05, 4.69) is 15.6 Å². The summed E-state index contributed by atoms with van der Waals surface area (Å²) in [5.41, 5.74) is 13.1. The number of para-hydroxylation sites is 1. The highest BCUT2D eigenvalue weighted by atomic mass is 19.1. The number of hydrogen-bond donors (Lipinski definition) is 5. The SMILES string of the molecule is Nc1ncccc1C(c1ccccc1NC(=O)CCCCCCCCCCC(=O)NCc1cccc(C2C(CCC(O)c3ccc(F)cc3)C(=O)N2c2ccc(F)cc2)c1)C(c1ccccn1)C(O)c1ccccc1. The van der Waals surface area contributed by atoms with Crippen LogP contribution >= 0.6 is 0 Å². The highest BCUT2D eigenvalue weighted by Crippen LogP contribution is 2.49. The number of nitrogen functional groups attached to an aromatic ring is 1. The smallest absolute Gasteiger partial charge is 0.233 e. The van der Waals surface area contributed by atoms with E-state index >= 15 is 0 Å². The zero-order chi connectivity index (χ0) is 52.5. The molecule has 1 fully saturated rings. The molecule has 5 aromatic carbocycles. The molecule has 6 atom stereocenters. The number of hydrogen-bond acceptors (Lipinski definition) is 8. The number of unbranched alkanes of at least 4 members (excludes halogenated alkanes) is 7. The van der Waals surface area contributed by atoms with Crippen LogP contribution in [-0.2, 0) is 20.9 Å². The number of aliphatic hydroxyl groups is 2. The van der Waals surface area contributed by atoms with E-state index in [9.17, 15) is 33.4 Å². The number of benzene rings is 5. The summed E-state index contributed by atoms with van der Waals surface area (Å²) in [5.74, 6) is -2.23. The molecule has 6 unspecified atom stereocenters. The van der Waals surface area contributed by atoms with Crippen molar-refractivity contribution < 1.29 is 33.4 Å². The van der Waals surface area contributed by atoms with Gasteiger partial charge in [0.1, 0.15) is 17.5 Å². The van der Waals surface area contributed by atoms with Gasteiger partial charge in [-0.1, -0.05) is 136 Å². The fraction of sp³-hybridized carbons (Fsp3) is 0.306. The molecular formula is C62H66F2N6O5. The summed E-state index contributed by atoms with van der Waals surface area (Å²) in [6.07, 6.45) is 10.5. The first-order chi connectivity index (χ1) is 36.5.